The molecule has 0 unspecified atom stereocenters. The van der Waals surface area contributed by atoms with Crippen molar-refractivity contribution in [3.8, 4) is 0 Å². The third-order valence-electron chi connectivity index (χ3n) is 3.08. The molecule has 0 aliphatic heterocycles. The molecular weight excluding hydrogens is 288 g/mol. The molecule has 1 aromatic carbocycles. The molecule has 0 N–H and O–H groups in total. The molecule has 0 saturated carbocycles. The predicted molar refractivity (Wildman–Crippen MR) is 85.0 cm³/mol. The van der Waals surface area contributed by atoms with E-state index in [9.17, 15) is 8.42 Å². The zero-order valence-corrected chi connectivity index (χ0v) is 14.0. The summed E-state index contributed by atoms with van der Waals surface area (Å²) in [4.78, 5) is 5.04. The molecule has 0 amide bonds. The Balaban J connectivity index is 3.06. The summed E-state index contributed by atoms with van der Waals surface area (Å²) >= 11 is 0. The summed E-state index contributed by atoms with van der Waals surface area (Å²) in [6, 6.07) is 6.75. The van der Waals surface area contributed by atoms with Gasteiger partial charge < -0.3 is 4.84 Å². The van der Waals surface area contributed by atoms with E-state index in [1.54, 1.807) is 24.3 Å². The van der Waals surface area contributed by atoms with Gasteiger partial charge in [-0.2, -0.15) is 4.31 Å². The SMILES string of the molecule is CCCN(CCC)S(=O)(=O)c1ccc(C(C)=NOC)cc1. The summed E-state index contributed by atoms with van der Waals surface area (Å²) in [7, 11) is -1.94. The fourth-order valence-electron chi connectivity index (χ4n) is 2.06. The first kappa shape index (κ1) is 17.7. The minimum Gasteiger partial charge on any atom is -0.399 e. The van der Waals surface area contributed by atoms with E-state index in [0.717, 1.165) is 18.4 Å². The molecule has 0 aromatic heterocycles. The number of hydrogen-bond acceptors (Lipinski definition) is 4. The minimum atomic E-state index is -3.42. The van der Waals surface area contributed by atoms with Gasteiger partial charge in [0.1, 0.15) is 7.11 Å². The third-order valence-corrected chi connectivity index (χ3v) is 5.00. The van der Waals surface area contributed by atoms with Gasteiger partial charge in [-0.05, 0) is 37.5 Å². The fourth-order valence-corrected chi connectivity index (χ4v) is 3.68. The molecular formula is C15H24N2O3S. The molecule has 6 heteroatoms. The Hall–Kier alpha value is -1.40. The zero-order chi connectivity index (χ0) is 15.9. The summed E-state index contributed by atoms with van der Waals surface area (Å²) in [6.07, 6.45) is 1.60. The van der Waals surface area contributed by atoms with Gasteiger partial charge in [0.25, 0.3) is 0 Å². The van der Waals surface area contributed by atoms with Gasteiger partial charge >= 0.3 is 0 Å². The standard InChI is InChI=1S/C15H24N2O3S/c1-5-11-17(12-6-2)21(18,19)15-9-7-14(8-10-15)13(3)16-20-4/h7-10H,5-6,11-12H2,1-4H3. The molecule has 0 radical (unpaired) electrons. The number of sulfonamides is 1. The summed E-state index contributed by atoms with van der Waals surface area (Å²) in [5, 5.41) is 3.84. The lowest BCUT2D eigenvalue weighted by molar-refractivity contribution is 0.213. The lowest BCUT2D eigenvalue weighted by Crippen LogP contribution is -2.32. The van der Waals surface area contributed by atoms with E-state index in [2.05, 4.69) is 5.16 Å². The van der Waals surface area contributed by atoms with Crippen molar-refractivity contribution < 1.29 is 13.3 Å². The van der Waals surface area contributed by atoms with Crippen LogP contribution in [0.5, 0.6) is 0 Å². The lowest BCUT2D eigenvalue weighted by Gasteiger charge is -2.21. The van der Waals surface area contributed by atoms with Crippen LogP contribution in [0.1, 0.15) is 39.2 Å². The Labute approximate surface area is 127 Å². The van der Waals surface area contributed by atoms with Gasteiger partial charge in [0.05, 0.1) is 10.6 Å². The van der Waals surface area contributed by atoms with Gasteiger partial charge in [-0.1, -0.05) is 31.1 Å². The highest BCUT2D eigenvalue weighted by atomic mass is 32.2. The van der Waals surface area contributed by atoms with Crippen LogP contribution in [0.25, 0.3) is 0 Å². The van der Waals surface area contributed by atoms with Gasteiger partial charge in [0.15, 0.2) is 0 Å². The molecule has 0 bridgehead atoms. The number of benzene rings is 1. The molecule has 5 nitrogen and oxygen atoms in total. The van der Waals surface area contributed by atoms with Crippen molar-refractivity contribution in [3.63, 3.8) is 0 Å². The van der Waals surface area contributed by atoms with Crippen molar-refractivity contribution >= 4 is 15.7 Å². The zero-order valence-electron chi connectivity index (χ0n) is 13.2. The monoisotopic (exact) mass is 312 g/mol. The molecule has 0 spiro atoms. The molecule has 1 rings (SSSR count). The number of nitrogens with zero attached hydrogens (tertiary/aromatic N) is 2. The molecule has 0 atom stereocenters. The first-order valence-corrected chi connectivity index (χ1v) is 8.59. The normalized spacial score (nSPS) is 12.7. The van der Waals surface area contributed by atoms with Crippen molar-refractivity contribution in [2.24, 2.45) is 5.16 Å². The average Bonchev–Trinajstić information content (AvgIpc) is 2.47. The molecule has 0 aliphatic carbocycles. The van der Waals surface area contributed by atoms with E-state index >= 15 is 0 Å². The van der Waals surface area contributed by atoms with Gasteiger partial charge in [-0.15, -0.1) is 0 Å². The Kier molecular flexibility index (Phi) is 6.84. The average molecular weight is 312 g/mol. The first-order valence-electron chi connectivity index (χ1n) is 7.15. The maximum Gasteiger partial charge on any atom is 0.243 e. The second-order valence-corrected chi connectivity index (χ2v) is 6.73. The molecule has 0 heterocycles. The maximum atomic E-state index is 12.6. The Morgan fingerprint density at radius 1 is 1.14 bits per heavy atom. The second-order valence-electron chi connectivity index (χ2n) is 4.79. The van der Waals surface area contributed by atoms with E-state index in [-0.39, 0.29) is 0 Å². The summed E-state index contributed by atoms with van der Waals surface area (Å²) in [6.45, 7) is 6.86. The summed E-state index contributed by atoms with van der Waals surface area (Å²) < 4.78 is 26.7. The van der Waals surface area contributed by atoms with Crippen molar-refractivity contribution in [2.75, 3.05) is 20.2 Å². The maximum absolute atomic E-state index is 12.6. The molecule has 0 saturated heterocycles. The van der Waals surface area contributed by atoms with Crippen molar-refractivity contribution in [1.82, 2.24) is 4.31 Å². The van der Waals surface area contributed by atoms with Crippen LogP contribution in [0.15, 0.2) is 34.3 Å². The number of rotatable bonds is 8. The van der Waals surface area contributed by atoms with E-state index in [4.69, 9.17) is 4.84 Å². The van der Waals surface area contributed by atoms with E-state index in [1.807, 2.05) is 20.8 Å². The highest BCUT2D eigenvalue weighted by Gasteiger charge is 2.22. The van der Waals surface area contributed by atoms with Crippen LogP contribution in [0.4, 0.5) is 0 Å². The van der Waals surface area contributed by atoms with Crippen molar-refractivity contribution in [2.45, 2.75) is 38.5 Å². The van der Waals surface area contributed by atoms with Crippen molar-refractivity contribution in [3.05, 3.63) is 29.8 Å². The lowest BCUT2D eigenvalue weighted by atomic mass is 10.1. The van der Waals surface area contributed by atoms with Crippen LogP contribution in [-0.4, -0.2) is 38.6 Å². The van der Waals surface area contributed by atoms with E-state index < -0.39 is 10.0 Å². The van der Waals surface area contributed by atoms with E-state index in [0.29, 0.717) is 23.7 Å². The molecule has 1 aromatic rings. The van der Waals surface area contributed by atoms with Crippen LogP contribution in [0.3, 0.4) is 0 Å². The number of hydrogen-bond donors (Lipinski definition) is 0. The quantitative estimate of drug-likeness (QED) is 0.548. The van der Waals surface area contributed by atoms with Crippen molar-refractivity contribution in [1.29, 1.82) is 0 Å². The molecule has 21 heavy (non-hydrogen) atoms. The Bertz CT molecular complexity index is 559. The molecule has 118 valence electrons. The topological polar surface area (TPSA) is 59.0 Å². The highest BCUT2D eigenvalue weighted by Crippen LogP contribution is 2.17. The van der Waals surface area contributed by atoms with Gasteiger partial charge in [-0.25, -0.2) is 8.42 Å². The van der Waals surface area contributed by atoms with Gasteiger partial charge in [0, 0.05) is 13.1 Å². The summed E-state index contributed by atoms with van der Waals surface area (Å²) in [5.74, 6) is 0. The minimum absolute atomic E-state index is 0.318. The second kappa shape index (κ2) is 8.14. The van der Waals surface area contributed by atoms with Gasteiger partial charge in [0.2, 0.25) is 10.0 Å². The van der Waals surface area contributed by atoms with Crippen LogP contribution < -0.4 is 0 Å². The largest absolute Gasteiger partial charge is 0.399 e. The molecule has 0 aliphatic rings. The van der Waals surface area contributed by atoms with E-state index in [1.165, 1.54) is 11.4 Å². The first-order chi connectivity index (χ1) is 9.97. The van der Waals surface area contributed by atoms with Crippen LogP contribution in [-0.2, 0) is 14.9 Å². The predicted octanol–water partition coefficient (Wildman–Crippen LogP) is 2.87. The third kappa shape index (κ3) is 4.54. The Morgan fingerprint density at radius 3 is 2.10 bits per heavy atom. The smallest absolute Gasteiger partial charge is 0.243 e. The Morgan fingerprint density at radius 2 is 1.67 bits per heavy atom. The summed E-state index contributed by atoms with van der Waals surface area (Å²) in [5.41, 5.74) is 1.55. The van der Waals surface area contributed by atoms with Crippen LogP contribution in [0.2, 0.25) is 0 Å². The van der Waals surface area contributed by atoms with Gasteiger partial charge in [-0.3, -0.25) is 0 Å². The fraction of sp³-hybridized carbons (Fsp3) is 0.533. The van der Waals surface area contributed by atoms with Crippen LogP contribution >= 0.6 is 0 Å². The van der Waals surface area contributed by atoms with Crippen LogP contribution in [0, 0.1) is 0 Å². The molecule has 0 fully saturated rings. The number of oxime groups is 1. The highest BCUT2D eigenvalue weighted by molar-refractivity contribution is 7.89.